The van der Waals surface area contributed by atoms with E-state index >= 15 is 0 Å². The summed E-state index contributed by atoms with van der Waals surface area (Å²) in [6.45, 7) is 6.57. The summed E-state index contributed by atoms with van der Waals surface area (Å²) in [6.07, 6.45) is 0. The summed E-state index contributed by atoms with van der Waals surface area (Å²) in [5, 5.41) is 15.6. The van der Waals surface area contributed by atoms with Gasteiger partial charge in [0.2, 0.25) is 0 Å². The zero-order chi connectivity index (χ0) is 11.6. The number of urea groups is 1. The van der Waals surface area contributed by atoms with E-state index in [1.807, 2.05) is 20.8 Å². The van der Waals surface area contributed by atoms with Crippen LogP contribution in [-0.2, 0) is 4.84 Å². The Balaban J connectivity index is 2.66. The first-order valence-corrected chi connectivity index (χ1v) is 4.76. The Morgan fingerprint density at radius 1 is 1.67 bits per heavy atom. The zero-order valence-corrected chi connectivity index (χ0v) is 9.44. The summed E-state index contributed by atoms with van der Waals surface area (Å²) >= 11 is 0. The molecule has 6 nitrogen and oxygen atoms in total. The molecule has 1 atom stereocenters. The summed E-state index contributed by atoms with van der Waals surface area (Å²) in [6, 6.07) is -0.617. The van der Waals surface area contributed by atoms with Crippen molar-refractivity contribution < 1.29 is 14.8 Å². The Labute approximate surface area is 88.8 Å². The molecule has 1 unspecified atom stereocenters. The van der Waals surface area contributed by atoms with Gasteiger partial charge >= 0.3 is 6.03 Å². The lowest BCUT2D eigenvalue weighted by atomic mass is 9.81. The van der Waals surface area contributed by atoms with Gasteiger partial charge in [0.05, 0.1) is 5.92 Å². The van der Waals surface area contributed by atoms with Crippen LogP contribution >= 0.6 is 0 Å². The zero-order valence-electron chi connectivity index (χ0n) is 9.44. The van der Waals surface area contributed by atoms with Crippen molar-refractivity contribution in [2.75, 3.05) is 13.7 Å². The predicted octanol–water partition coefficient (Wildman–Crippen LogP) is 1.02. The van der Waals surface area contributed by atoms with Gasteiger partial charge in [0.25, 0.3) is 0 Å². The standard InChI is InChI=1S/C9H17N3O3/c1-9(2,3)6-5-15-11-7(6)10-8(13)12(4)14/h6,14H,5H2,1-4H3,(H,10,11,13). The predicted molar refractivity (Wildman–Crippen MR) is 54.4 cm³/mol. The van der Waals surface area contributed by atoms with Crippen molar-refractivity contribution in [3.63, 3.8) is 0 Å². The van der Waals surface area contributed by atoms with Gasteiger partial charge in [-0.3, -0.25) is 10.5 Å². The van der Waals surface area contributed by atoms with Gasteiger partial charge in [0.15, 0.2) is 5.84 Å². The average Bonchev–Trinajstić information content (AvgIpc) is 2.50. The number of hydrogen-bond donors (Lipinski definition) is 2. The van der Waals surface area contributed by atoms with Crippen molar-refractivity contribution >= 4 is 11.9 Å². The molecule has 1 aliphatic rings. The molecule has 0 radical (unpaired) electrons. The van der Waals surface area contributed by atoms with Crippen LogP contribution in [0.5, 0.6) is 0 Å². The van der Waals surface area contributed by atoms with Crippen LogP contribution in [0.25, 0.3) is 0 Å². The lowest BCUT2D eigenvalue weighted by molar-refractivity contribution is -0.0164. The van der Waals surface area contributed by atoms with E-state index in [1.54, 1.807) is 0 Å². The highest BCUT2D eigenvalue weighted by Gasteiger charge is 2.35. The molecule has 0 aromatic heterocycles. The van der Waals surface area contributed by atoms with E-state index in [0.717, 1.165) is 0 Å². The van der Waals surface area contributed by atoms with Crippen LogP contribution in [0.15, 0.2) is 5.16 Å². The molecule has 86 valence electrons. The van der Waals surface area contributed by atoms with Crippen molar-refractivity contribution in [1.82, 2.24) is 10.4 Å². The lowest BCUT2D eigenvalue weighted by Gasteiger charge is -2.26. The number of carbonyl (C=O) groups is 1. The molecule has 0 aromatic carbocycles. The fourth-order valence-electron chi connectivity index (χ4n) is 1.28. The number of hydroxylamine groups is 2. The van der Waals surface area contributed by atoms with Crippen molar-refractivity contribution in [2.45, 2.75) is 20.8 Å². The third-order valence-corrected chi connectivity index (χ3v) is 2.31. The maximum absolute atomic E-state index is 11.2. The second-order valence-electron chi connectivity index (χ2n) is 4.64. The number of amides is 2. The SMILES string of the molecule is CN(O)C(=O)NC1=NOCC1C(C)(C)C. The van der Waals surface area contributed by atoms with Crippen LogP contribution in [-0.4, -0.2) is 35.8 Å². The van der Waals surface area contributed by atoms with Crippen molar-refractivity contribution in [1.29, 1.82) is 0 Å². The molecular formula is C9H17N3O3. The molecule has 1 rings (SSSR count). The topological polar surface area (TPSA) is 74.2 Å². The smallest absolute Gasteiger partial charge is 0.346 e. The molecule has 0 fully saturated rings. The number of oxime groups is 1. The van der Waals surface area contributed by atoms with Gasteiger partial charge in [-0.05, 0) is 5.41 Å². The van der Waals surface area contributed by atoms with Gasteiger partial charge in [-0.2, -0.15) is 0 Å². The van der Waals surface area contributed by atoms with Crippen LogP contribution in [0.3, 0.4) is 0 Å². The van der Waals surface area contributed by atoms with Crippen LogP contribution < -0.4 is 5.32 Å². The molecule has 0 bridgehead atoms. The van der Waals surface area contributed by atoms with Crippen molar-refractivity contribution in [3.05, 3.63) is 0 Å². The Morgan fingerprint density at radius 3 is 2.73 bits per heavy atom. The largest absolute Gasteiger partial charge is 0.394 e. The fourth-order valence-corrected chi connectivity index (χ4v) is 1.28. The van der Waals surface area contributed by atoms with Crippen LogP contribution in [0.2, 0.25) is 0 Å². The number of amidine groups is 1. The van der Waals surface area contributed by atoms with E-state index in [-0.39, 0.29) is 11.3 Å². The molecule has 0 saturated carbocycles. The van der Waals surface area contributed by atoms with E-state index in [9.17, 15) is 4.79 Å². The van der Waals surface area contributed by atoms with Gasteiger partial charge in [-0.15, -0.1) is 0 Å². The highest BCUT2D eigenvalue weighted by Crippen LogP contribution is 2.29. The van der Waals surface area contributed by atoms with Gasteiger partial charge < -0.3 is 4.84 Å². The van der Waals surface area contributed by atoms with Crippen molar-refractivity contribution in [3.8, 4) is 0 Å². The number of nitrogens with one attached hydrogen (secondary N) is 1. The Kier molecular flexibility index (Phi) is 3.18. The van der Waals surface area contributed by atoms with Gasteiger partial charge in [-0.1, -0.05) is 25.9 Å². The summed E-state index contributed by atoms with van der Waals surface area (Å²) in [4.78, 5) is 16.1. The average molecular weight is 215 g/mol. The summed E-state index contributed by atoms with van der Waals surface area (Å²) in [5.41, 5.74) is -0.0450. The third-order valence-electron chi connectivity index (χ3n) is 2.31. The molecule has 6 heteroatoms. The number of rotatable bonds is 0. The Hall–Kier alpha value is -1.30. The molecule has 2 N–H and O–H groups in total. The Morgan fingerprint density at radius 2 is 2.27 bits per heavy atom. The number of nitrogens with zero attached hydrogens (tertiary/aromatic N) is 2. The molecule has 0 spiro atoms. The monoisotopic (exact) mass is 215 g/mol. The van der Waals surface area contributed by atoms with E-state index in [2.05, 4.69) is 10.5 Å². The Bertz CT molecular complexity index is 281. The number of hydrogen-bond acceptors (Lipinski definition) is 4. The lowest BCUT2D eigenvalue weighted by Crippen LogP contribution is -2.44. The highest BCUT2D eigenvalue weighted by molar-refractivity contribution is 5.98. The van der Waals surface area contributed by atoms with Crippen LogP contribution in [0.4, 0.5) is 4.79 Å². The molecule has 0 aromatic rings. The van der Waals surface area contributed by atoms with E-state index < -0.39 is 6.03 Å². The summed E-state index contributed by atoms with van der Waals surface area (Å²) in [5.74, 6) is 0.495. The molecule has 2 amide bonds. The fraction of sp³-hybridized carbons (Fsp3) is 0.778. The minimum atomic E-state index is -0.617. The second kappa shape index (κ2) is 4.06. The minimum Gasteiger partial charge on any atom is -0.394 e. The molecule has 0 aliphatic carbocycles. The second-order valence-corrected chi connectivity index (χ2v) is 4.64. The quantitative estimate of drug-likeness (QED) is 0.468. The molecule has 15 heavy (non-hydrogen) atoms. The first-order chi connectivity index (χ1) is 6.82. The first-order valence-electron chi connectivity index (χ1n) is 4.76. The van der Waals surface area contributed by atoms with Crippen molar-refractivity contribution in [2.24, 2.45) is 16.5 Å². The van der Waals surface area contributed by atoms with E-state index in [1.165, 1.54) is 7.05 Å². The van der Waals surface area contributed by atoms with Crippen LogP contribution in [0.1, 0.15) is 20.8 Å². The highest BCUT2D eigenvalue weighted by atomic mass is 16.6. The maximum atomic E-state index is 11.2. The molecular weight excluding hydrogens is 198 g/mol. The maximum Gasteiger partial charge on any atom is 0.346 e. The van der Waals surface area contributed by atoms with Gasteiger partial charge in [0, 0.05) is 7.05 Å². The van der Waals surface area contributed by atoms with Crippen LogP contribution in [0, 0.1) is 11.3 Å². The minimum absolute atomic E-state index is 0.0291. The van der Waals surface area contributed by atoms with Gasteiger partial charge in [0.1, 0.15) is 6.61 Å². The third kappa shape index (κ3) is 2.82. The molecule has 1 heterocycles. The first kappa shape index (κ1) is 11.8. The molecule has 0 saturated heterocycles. The normalized spacial score (nSPS) is 20.6. The summed E-state index contributed by atoms with van der Waals surface area (Å²) < 4.78 is 0. The van der Waals surface area contributed by atoms with E-state index in [4.69, 9.17) is 10.0 Å². The molecule has 1 aliphatic heterocycles. The summed E-state index contributed by atoms with van der Waals surface area (Å²) in [7, 11) is 1.25. The number of carbonyl (C=O) groups excluding carboxylic acids is 1. The van der Waals surface area contributed by atoms with E-state index in [0.29, 0.717) is 17.5 Å². The van der Waals surface area contributed by atoms with Gasteiger partial charge in [-0.25, -0.2) is 9.86 Å².